The van der Waals surface area contributed by atoms with E-state index in [0.717, 1.165) is 12.5 Å². The van der Waals surface area contributed by atoms with Crippen molar-refractivity contribution in [3.8, 4) is 0 Å². The number of aliphatic carboxylic acids is 1. The maximum absolute atomic E-state index is 10.1. The van der Waals surface area contributed by atoms with Crippen LogP contribution in [0.25, 0.3) is 0 Å². The van der Waals surface area contributed by atoms with Gasteiger partial charge in [0.15, 0.2) is 0 Å². The minimum atomic E-state index is -1.18. The zero-order valence-corrected chi connectivity index (χ0v) is 15.5. The molecule has 0 aromatic carbocycles. The molecule has 0 heterocycles. The standard InChI is InChI=1S/C20H30O2.Ag/c1-2-3-4-5-6-7-8-9-10-11-12-13-14-15-16-17-18-19-20(21)22;/h10-19H,2-9H2,1H3,(H,21,22);/q;+1/p-1/b11-10+,13-12+,15-14+,17-16+,19-18+;. The summed E-state index contributed by atoms with van der Waals surface area (Å²) in [6.07, 6.45) is 28.4. The summed E-state index contributed by atoms with van der Waals surface area (Å²) in [7, 11) is 0. The number of hydrogen-bond acceptors (Lipinski definition) is 2. The summed E-state index contributed by atoms with van der Waals surface area (Å²) >= 11 is 0. The van der Waals surface area contributed by atoms with Crippen molar-refractivity contribution in [3.05, 3.63) is 60.8 Å². The molecule has 0 saturated carbocycles. The van der Waals surface area contributed by atoms with Crippen LogP contribution in [0.15, 0.2) is 60.8 Å². The molecule has 3 heteroatoms. The van der Waals surface area contributed by atoms with Crippen LogP contribution in [0.5, 0.6) is 0 Å². The van der Waals surface area contributed by atoms with E-state index in [2.05, 4.69) is 19.1 Å². The van der Waals surface area contributed by atoms with Crippen molar-refractivity contribution in [2.24, 2.45) is 0 Å². The van der Waals surface area contributed by atoms with Crippen LogP contribution < -0.4 is 5.11 Å². The molecule has 0 aliphatic carbocycles. The Labute approximate surface area is 157 Å². The molecule has 0 atom stereocenters. The largest absolute Gasteiger partial charge is 1.00 e. The summed E-state index contributed by atoms with van der Waals surface area (Å²) in [5, 5.41) is 10.1. The fraction of sp³-hybridized carbons (Fsp3) is 0.450. The van der Waals surface area contributed by atoms with Crippen molar-refractivity contribution < 1.29 is 32.3 Å². The van der Waals surface area contributed by atoms with E-state index >= 15 is 0 Å². The minimum Gasteiger partial charge on any atom is -0.545 e. The third-order valence-corrected chi connectivity index (χ3v) is 3.12. The average Bonchev–Trinajstić information content (AvgIpc) is 2.50. The molecule has 132 valence electrons. The zero-order valence-electron chi connectivity index (χ0n) is 14.0. The van der Waals surface area contributed by atoms with Crippen molar-refractivity contribution in [1.82, 2.24) is 0 Å². The van der Waals surface area contributed by atoms with Crippen molar-refractivity contribution in [1.29, 1.82) is 0 Å². The maximum Gasteiger partial charge on any atom is 1.00 e. The molecule has 0 spiro atoms. The second-order valence-corrected chi connectivity index (χ2v) is 5.17. The van der Waals surface area contributed by atoms with E-state index in [1.165, 1.54) is 51.0 Å². The van der Waals surface area contributed by atoms with Gasteiger partial charge in [-0.05, 0) is 18.9 Å². The van der Waals surface area contributed by atoms with Gasteiger partial charge < -0.3 is 9.90 Å². The second kappa shape index (κ2) is 20.9. The molecule has 0 aliphatic heterocycles. The Morgan fingerprint density at radius 2 is 1.22 bits per heavy atom. The van der Waals surface area contributed by atoms with E-state index in [-0.39, 0.29) is 22.4 Å². The number of carbonyl (C=O) groups excluding carboxylic acids is 1. The topological polar surface area (TPSA) is 40.1 Å². The monoisotopic (exact) mass is 408 g/mol. The van der Waals surface area contributed by atoms with Crippen LogP contribution in [0.3, 0.4) is 0 Å². The van der Waals surface area contributed by atoms with Gasteiger partial charge in [-0.2, -0.15) is 0 Å². The second-order valence-electron chi connectivity index (χ2n) is 5.17. The predicted molar refractivity (Wildman–Crippen MR) is 93.3 cm³/mol. The van der Waals surface area contributed by atoms with Crippen molar-refractivity contribution in [2.75, 3.05) is 0 Å². The molecule has 0 bridgehead atoms. The molecule has 0 amide bonds. The first kappa shape index (κ1) is 24.2. The fourth-order valence-corrected chi connectivity index (χ4v) is 1.91. The fourth-order valence-electron chi connectivity index (χ4n) is 1.91. The van der Waals surface area contributed by atoms with Crippen LogP contribution >= 0.6 is 0 Å². The maximum atomic E-state index is 10.1. The van der Waals surface area contributed by atoms with Gasteiger partial charge in [0.2, 0.25) is 0 Å². The Balaban J connectivity index is 0. The van der Waals surface area contributed by atoms with Gasteiger partial charge in [-0.25, -0.2) is 0 Å². The van der Waals surface area contributed by atoms with Gasteiger partial charge in [0.1, 0.15) is 0 Å². The Bertz CT molecular complexity index is 404. The molecule has 23 heavy (non-hydrogen) atoms. The number of unbranched alkanes of at least 4 members (excludes halogenated alkanes) is 7. The van der Waals surface area contributed by atoms with Crippen LogP contribution in [0.2, 0.25) is 0 Å². The first-order valence-electron chi connectivity index (χ1n) is 8.31. The summed E-state index contributed by atoms with van der Waals surface area (Å²) in [6.45, 7) is 2.25. The zero-order chi connectivity index (χ0) is 16.3. The number of carbonyl (C=O) groups is 1. The van der Waals surface area contributed by atoms with E-state index in [1.54, 1.807) is 12.2 Å². The molecule has 0 aliphatic rings. The third-order valence-electron chi connectivity index (χ3n) is 3.12. The summed E-state index contributed by atoms with van der Waals surface area (Å²) in [6, 6.07) is 0. The van der Waals surface area contributed by atoms with Crippen LogP contribution in [0.1, 0.15) is 58.3 Å². The molecule has 2 nitrogen and oxygen atoms in total. The van der Waals surface area contributed by atoms with Crippen molar-refractivity contribution in [3.63, 3.8) is 0 Å². The molecule has 0 aromatic rings. The van der Waals surface area contributed by atoms with Crippen LogP contribution in [-0.4, -0.2) is 5.97 Å². The Morgan fingerprint density at radius 1 is 0.739 bits per heavy atom. The number of rotatable bonds is 13. The van der Waals surface area contributed by atoms with Crippen LogP contribution in [0.4, 0.5) is 0 Å². The molecule has 0 aromatic heterocycles. The smallest absolute Gasteiger partial charge is 0.545 e. The van der Waals surface area contributed by atoms with Crippen molar-refractivity contribution >= 4 is 5.97 Å². The normalized spacial score (nSPS) is 12.2. The molecule has 0 unspecified atom stereocenters. The van der Waals surface area contributed by atoms with E-state index in [4.69, 9.17) is 0 Å². The van der Waals surface area contributed by atoms with E-state index in [1.807, 2.05) is 24.3 Å². The summed E-state index contributed by atoms with van der Waals surface area (Å²) in [5.41, 5.74) is 0. The van der Waals surface area contributed by atoms with Gasteiger partial charge in [-0.15, -0.1) is 0 Å². The molecule has 0 N–H and O–H groups in total. The number of carboxylic acids is 1. The third kappa shape index (κ3) is 23.3. The first-order valence-corrected chi connectivity index (χ1v) is 8.31. The van der Waals surface area contributed by atoms with Gasteiger partial charge >= 0.3 is 22.4 Å². The SMILES string of the molecule is CCCCCCCCC/C=C/C=C/C=C/C=C/C=C/C(=O)[O-].[Ag+]. The van der Waals surface area contributed by atoms with Gasteiger partial charge in [-0.3, -0.25) is 0 Å². The minimum absolute atomic E-state index is 0. The summed E-state index contributed by atoms with van der Waals surface area (Å²) in [4.78, 5) is 10.1. The summed E-state index contributed by atoms with van der Waals surface area (Å²) < 4.78 is 0. The quantitative estimate of drug-likeness (QED) is 0.192. The average molecular weight is 409 g/mol. The van der Waals surface area contributed by atoms with E-state index in [9.17, 15) is 9.90 Å². The molecular weight excluding hydrogens is 380 g/mol. The van der Waals surface area contributed by atoms with E-state index < -0.39 is 5.97 Å². The summed E-state index contributed by atoms with van der Waals surface area (Å²) in [5.74, 6) is -1.18. The van der Waals surface area contributed by atoms with Crippen molar-refractivity contribution in [2.45, 2.75) is 58.3 Å². The van der Waals surface area contributed by atoms with E-state index in [0.29, 0.717) is 0 Å². The number of hydrogen-bond donors (Lipinski definition) is 0. The Kier molecular flexibility index (Phi) is 22.0. The molecule has 0 saturated heterocycles. The van der Waals surface area contributed by atoms with Crippen LogP contribution in [-0.2, 0) is 27.2 Å². The molecular formula is C20H29AgO2. The molecule has 0 rings (SSSR count). The number of carboxylic acid groups (broad SMARTS) is 1. The first-order chi connectivity index (χ1) is 10.8. The Hall–Kier alpha value is -1.09. The van der Waals surface area contributed by atoms with Gasteiger partial charge in [0.25, 0.3) is 0 Å². The van der Waals surface area contributed by atoms with Gasteiger partial charge in [0.05, 0.1) is 5.97 Å². The van der Waals surface area contributed by atoms with Gasteiger partial charge in [-0.1, -0.05) is 100 Å². The molecule has 0 radical (unpaired) electrons. The van der Waals surface area contributed by atoms with Crippen LogP contribution in [0, 0.1) is 0 Å². The predicted octanol–water partition coefficient (Wildman–Crippen LogP) is 4.66. The van der Waals surface area contributed by atoms with Gasteiger partial charge in [0, 0.05) is 0 Å². The number of allylic oxidation sites excluding steroid dienone is 9. The Morgan fingerprint density at radius 3 is 1.78 bits per heavy atom. The molecule has 0 fully saturated rings.